The van der Waals surface area contributed by atoms with Gasteiger partial charge in [0.15, 0.2) is 0 Å². The van der Waals surface area contributed by atoms with Gasteiger partial charge in [0, 0.05) is 25.2 Å². The van der Waals surface area contributed by atoms with Gasteiger partial charge >= 0.3 is 6.09 Å². The third-order valence-corrected chi connectivity index (χ3v) is 4.53. The highest BCUT2D eigenvalue weighted by atomic mass is 16.6. The Labute approximate surface area is 131 Å². The van der Waals surface area contributed by atoms with Crippen molar-refractivity contribution in [2.75, 3.05) is 32.8 Å². The number of ether oxygens (including phenoxy) is 2. The van der Waals surface area contributed by atoms with Crippen LogP contribution in [0.1, 0.15) is 24.8 Å². The van der Waals surface area contributed by atoms with Crippen LogP contribution in [0.4, 0.5) is 4.79 Å². The van der Waals surface area contributed by atoms with E-state index in [1.165, 1.54) is 0 Å². The van der Waals surface area contributed by atoms with Crippen molar-refractivity contribution in [1.29, 1.82) is 0 Å². The summed E-state index contributed by atoms with van der Waals surface area (Å²) >= 11 is 0. The van der Waals surface area contributed by atoms with E-state index in [-0.39, 0.29) is 11.6 Å². The predicted octanol–water partition coefficient (Wildman–Crippen LogP) is 2.17. The first-order valence-electron chi connectivity index (χ1n) is 8.06. The molecule has 120 valence electrons. The highest BCUT2D eigenvalue weighted by Crippen LogP contribution is 2.25. The Kier molecular flexibility index (Phi) is 4.95. The van der Waals surface area contributed by atoms with Gasteiger partial charge in [-0.15, -0.1) is 0 Å². The highest BCUT2D eigenvalue weighted by molar-refractivity contribution is 5.67. The molecule has 2 fully saturated rings. The largest absolute Gasteiger partial charge is 0.445 e. The second-order valence-electron chi connectivity index (χ2n) is 6.14. The minimum Gasteiger partial charge on any atom is -0.445 e. The molecule has 0 aromatic heterocycles. The lowest BCUT2D eigenvalue weighted by Gasteiger charge is -2.37. The Hall–Kier alpha value is -1.59. The molecule has 0 saturated carbocycles. The van der Waals surface area contributed by atoms with E-state index in [1.54, 1.807) is 0 Å². The van der Waals surface area contributed by atoms with Crippen molar-refractivity contribution in [2.45, 2.75) is 31.4 Å². The first-order chi connectivity index (χ1) is 10.8. The molecule has 22 heavy (non-hydrogen) atoms. The van der Waals surface area contributed by atoms with Crippen LogP contribution in [0.3, 0.4) is 0 Å². The lowest BCUT2D eigenvalue weighted by Crippen LogP contribution is -2.54. The molecule has 5 heteroatoms. The summed E-state index contributed by atoms with van der Waals surface area (Å²) in [6.45, 7) is 4.26. The van der Waals surface area contributed by atoms with E-state index in [0.717, 1.165) is 57.7 Å². The number of nitrogens with one attached hydrogen (secondary N) is 1. The fraction of sp³-hybridized carbons (Fsp3) is 0.588. The van der Waals surface area contributed by atoms with Gasteiger partial charge in [0.05, 0.1) is 13.2 Å². The number of carbonyl (C=O) groups is 1. The zero-order valence-electron chi connectivity index (χ0n) is 12.9. The topological polar surface area (TPSA) is 50.8 Å². The van der Waals surface area contributed by atoms with Gasteiger partial charge in [0.25, 0.3) is 0 Å². The zero-order chi connectivity index (χ0) is 15.3. The van der Waals surface area contributed by atoms with Crippen molar-refractivity contribution in [1.82, 2.24) is 10.2 Å². The maximum atomic E-state index is 12.2. The number of likely N-dealkylation sites (tertiary alicyclic amines) is 1. The molecule has 0 radical (unpaired) electrons. The summed E-state index contributed by atoms with van der Waals surface area (Å²) in [5.74, 6) is 0. The molecule has 2 aliphatic rings. The standard InChI is InChI=1S/C17H24N2O3/c20-16(22-13-15-5-2-1-3-6-15)19-10-4-7-17(8-11-19)14-21-12-9-18-17/h1-3,5-6,18H,4,7-14H2/t17-/m1/s1. The second kappa shape index (κ2) is 7.11. The number of benzene rings is 1. The predicted molar refractivity (Wildman–Crippen MR) is 83.6 cm³/mol. The Balaban J connectivity index is 1.51. The fourth-order valence-electron chi connectivity index (χ4n) is 3.22. The average Bonchev–Trinajstić information content (AvgIpc) is 2.77. The van der Waals surface area contributed by atoms with E-state index in [0.29, 0.717) is 6.61 Å². The Morgan fingerprint density at radius 2 is 2.14 bits per heavy atom. The Bertz CT molecular complexity index is 486. The van der Waals surface area contributed by atoms with Crippen molar-refractivity contribution >= 4 is 6.09 Å². The minimum absolute atomic E-state index is 0.0483. The van der Waals surface area contributed by atoms with Crippen LogP contribution in [0, 0.1) is 0 Å². The van der Waals surface area contributed by atoms with Crippen molar-refractivity contribution in [3.8, 4) is 0 Å². The quantitative estimate of drug-likeness (QED) is 0.910. The number of hydrogen-bond donors (Lipinski definition) is 1. The Morgan fingerprint density at radius 3 is 2.91 bits per heavy atom. The van der Waals surface area contributed by atoms with E-state index in [2.05, 4.69) is 5.32 Å². The minimum atomic E-state index is -0.211. The molecule has 3 rings (SSSR count). The van der Waals surface area contributed by atoms with Gasteiger partial charge in [-0.2, -0.15) is 0 Å². The number of morpholine rings is 1. The summed E-state index contributed by atoms with van der Waals surface area (Å²) in [7, 11) is 0. The molecule has 1 N–H and O–H groups in total. The first kappa shape index (κ1) is 15.3. The number of carbonyl (C=O) groups excluding carboxylic acids is 1. The summed E-state index contributed by atoms with van der Waals surface area (Å²) in [5, 5.41) is 3.59. The normalized spacial score (nSPS) is 25.7. The van der Waals surface area contributed by atoms with Crippen LogP contribution in [0.2, 0.25) is 0 Å². The van der Waals surface area contributed by atoms with Crippen LogP contribution in [0.5, 0.6) is 0 Å². The van der Waals surface area contributed by atoms with Gasteiger partial charge in [-0.25, -0.2) is 4.79 Å². The molecule has 1 spiro atoms. The van der Waals surface area contributed by atoms with Crippen LogP contribution in [0.15, 0.2) is 30.3 Å². The second-order valence-corrected chi connectivity index (χ2v) is 6.14. The summed E-state index contributed by atoms with van der Waals surface area (Å²) in [6.07, 6.45) is 2.75. The molecule has 1 aromatic rings. The van der Waals surface area contributed by atoms with Crippen LogP contribution < -0.4 is 5.32 Å². The number of rotatable bonds is 2. The van der Waals surface area contributed by atoms with E-state index in [1.807, 2.05) is 35.2 Å². The molecule has 2 heterocycles. The van der Waals surface area contributed by atoms with Gasteiger partial charge in [0.1, 0.15) is 6.61 Å². The lowest BCUT2D eigenvalue weighted by atomic mass is 9.90. The number of amides is 1. The molecular weight excluding hydrogens is 280 g/mol. The molecule has 5 nitrogen and oxygen atoms in total. The first-order valence-corrected chi connectivity index (χ1v) is 8.06. The van der Waals surface area contributed by atoms with Crippen LogP contribution in [0.25, 0.3) is 0 Å². The third kappa shape index (κ3) is 3.78. The van der Waals surface area contributed by atoms with Crippen LogP contribution in [-0.2, 0) is 16.1 Å². The van der Waals surface area contributed by atoms with Gasteiger partial charge in [-0.3, -0.25) is 0 Å². The average molecular weight is 304 g/mol. The van der Waals surface area contributed by atoms with Gasteiger partial charge in [-0.05, 0) is 24.8 Å². The number of hydrogen-bond acceptors (Lipinski definition) is 4. The van der Waals surface area contributed by atoms with Crippen LogP contribution in [-0.4, -0.2) is 49.4 Å². The maximum Gasteiger partial charge on any atom is 0.410 e. The SMILES string of the molecule is O=C(OCc1ccccc1)N1CCC[C@@]2(CC1)COCCN2. The van der Waals surface area contributed by atoms with E-state index in [9.17, 15) is 4.79 Å². The van der Waals surface area contributed by atoms with Crippen molar-refractivity contribution < 1.29 is 14.3 Å². The molecule has 0 bridgehead atoms. The van der Waals surface area contributed by atoms with Crippen molar-refractivity contribution in [2.24, 2.45) is 0 Å². The summed E-state index contributed by atoms with van der Waals surface area (Å²) in [4.78, 5) is 14.1. The van der Waals surface area contributed by atoms with Crippen molar-refractivity contribution in [3.05, 3.63) is 35.9 Å². The summed E-state index contributed by atoms with van der Waals surface area (Å²) in [6, 6.07) is 9.79. The molecular formula is C17H24N2O3. The van der Waals surface area contributed by atoms with E-state index < -0.39 is 0 Å². The highest BCUT2D eigenvalue weighted by Gasteiger charge is 2.35. The fourth-order valence-corrected chi connectivity index (χ4v) is 3.22. The van der Waals surface area contributed by atoms with E-state index >= 15 is 0 Å². The van der Waals surface area contributed by atoms with Gasteiger partial charge in [0.2, 0.25) is 0 Å². The molecule has 0 unspecified atom stereocenters. The van der Waals surface area contributed by atoms with Crippen LogP contribution >= 0.6 is 0 Å². The molecule has 2 saturated heterocycles. The molecule has 1 atom stereocenters. The lowest BCUT2D eigenvalue weighted by molar-refractivity contribution is 0.0198. The molecule has 0 aliphatic carbocycles. The zero-order valence-corrected chi connectivity index (χ0v) is 12.9. The summed E-state index contributed by atoms with van der Waals surface area (Å²) in [5.41, 5.74) is 1.07. The maximum absolute atomic E-state index is 12.2. The Morgan fingerprint density at radius 1 is 1.27 bits per heavy atom. The van der Waals surface area contributed by atoms with Gasteiger partial charge in [-0.1, -0.05) is 30.3 Å². The molecule has 1 amide bonds. The summed E-state index contributed by atoms with van der Waals surface area (Å²) < 4.78 is 11.1. The smallest absolute Gasteiger partial charge is 0.410 e. The van der Waals surface area contributed by atoms with E-state index in [4.69, 9.17) is 9.47 Å². The molecule has 1 aromatic carbocycles. The van der Waals surface area contributed by atoms with Gasteiger partial charge < -0.3 is 19.7 Å². The monoisotopic (exact) mass is 304 g/mol. The number of nitrogens with zero attached hydrogens (tertiary/aromatic N) is 1. The van der Waals surface area contributed by atoms with Crippen molar-refractivity contribution in [3.63, 3.8) is 0 Å². The third-order valence-electron chi connectivity index (χ3n) is 4.53. The molecule has 2 aliphatic heterocycles.